The normalized spacial score (nSPS) is 16.4. The molecule has 1 aliphatic heterocycles. The quantitative estimate of drug-likeness (QED) is 0.627. The Hall–Kier alpha value is -2.78. The Morgan fingerprint density at radius 3 is 2.53 bits per heavy atom. The third kappa shape index (κ3) is 5.22. The second kappa shape index (κ2) is 8.93. The monoisotopic (exact) mass is 450 g/mol. The van der Waals surface area contributed by atoms with E-state index in [0.717, 1.165) is 5.69 Å². The lowest BCUT2D eigenvalue weighted by atomic mass is 10.2. The fourth-order valence-corrected chi connectivity index (χ4v) is 3.95. The summed E-state index contributed by atoms with van der Waals surface area (Å²) in [4.78, 5) is 26.6. The zero-order chi connectivity index (χ0) is 21.9. The first-order chi connectivity index (χ1) is 14.2. The number of sulfonamides is 1. The van der Waals surface area contributed by atoms with Gasteiger partial charge in [-0.3, -0.25) is 9.52 Å². The van der Waals surface area contributed by atoms with Gasteiger partial charge in [-0.05, 0) is 68.3 Å². The van der Waals surface area contributed by atoms with E-state index in [1.54, 1.807) is 61.2 Å². The summed E-state index contributed by atoms with van der Waals surface area (Å²) in [5.41, 5.74) is 2.34. The lowest BCUT2D eigenvalue weighted by Crippen LogP contribution is -2.43. The average Bonchev–Trinajstić information content (AvgIpc) is 3.05. The van der Waals surface area contributed by atoms with Crippen LogP contribution in [0.2, 0.25) is 5.02 Å². The summed E-state index contributed by atoms with van der Waals surface area (Å²) in [5.74, 6) is -0.218. The van der Waals surface area contributed by atoms with E-state index in [1.807, 2.05) is 0 Å². The number of hydrogen-bond acceptors (Lipinski definition) is 4. The number of aryl methyl sites for hydroxylation is 1. The third-order valence-electron chi connectivity index (χ3n) is 4.78. The number of anilines is 3. The number of nitrogens with zero attached hydrogens (tertiary/aromatic N) is 1. The van der Waals surface area contributed by atoms with Crippen LogP contribution in [0.15, 0.2) is 42.5 Å². The number of halogens is 1. The zero-order valence-corrected chi connectivity index (χ0v) is 18.2. The van der Waals surface area contributed by atoms with Gasteiger partial charge >= 0.3 is 6.03 Å². The molecule has 0 bridgehead atoms. The van der Waals surface area contributed by atoms with E-state index in [2.05, 4.69) is 15.4 Å². The van der Waals surface area contributed by atoms with Gasteiger partial charge in [-0.15, -0.1) is 0 Å². The van der Waals surface area contributed by atoms with Gasteiger partial charge in [-0.1, -0.05) is 11.6 Å². The molecule has 0 saturated carbocycles. The molecule has 1 atom stereocenters. The Labute approximate surface area is 180 Å². The number of hydrogen-bond donors (Lipinski definition) is 3. The molecular weight excluding hydrogens is 428 g/mol. The van der Waals surface area contributed by atoms with Crippen molar-refractivity contribution in [2.45, 2.75) is 26.3 Å². The Balaban J connectivity index is 1.60. The minimum atomic E-state index is -3.38. The fourth-order valence-electron chi connectivity index (χ4n) is 3.11. The van der Waals surface area contributed by atoms with E-state index in [4.69, 9.17) is 11.6 Å². The second-order valence-corrected chi connectivity index (χ2v) is 9.39. The van der Waals surface area contributed by atoms with Crippen molar-refractivity contribution in [1.82, 2.24) is 5.32 Å². The number of rotatable bonds is 6. The Kier molecular flexibility index (Phi) is 6.52. The van der Waals surface area contributed by atoms with Crippen molar-refractivity contribution in [2.24, 2.45) is 0 Å². The number of nitrogens with one attached hydrogen (secondary N) is 3. The summed E-state index contributed by atoms with van der Waals surface area (Å²) in [7, 11) is -3.38. The molecule has 0 radical (unpaired) electrons. The lowest BCUT2D eigenvalue weighted by molar-refractivity contribution is -0.118. The molecular formula is C20H23ClN4O4S. The molecule has 0 spiro atoms. The average molecular weight is 451 g/mol. The van der Waals surface area contributed by atoms with Crippen LogP contribution in [0, 0.1) is 6.92 Å². The van der Waals surface area contributed by atoms with Crippen LogP contribution in [0.25, 0.3) is 0 Å². The summed E-state index contributed by atoms with van der Waals surface area (Å²) in [5, 5.41) is 5.96. The molecule has 1 unspecified atom stereocenters. The van der Waals surface area contributed by atoms with Crippen LogP contribution in [-0.2, 0) is 14.8 Å². The molecule has 2 aromatic carbocycles. The van der Waals surface area contributed by atoms with Gasteiger partial charge in [0.2, 0.25) is 15.9 Å². The van der Waals surface area contributed by atoms with Gasteiger partial charge in [0.15, 0.2) is 0 Å². The van der Waals surface area contributed by atoms with E-state index in [-0.39, 0.29) is 11.7 Å². The lowest BCUT2D eigenvalue weighted by Gasteiger charge is -2.17. The molecule has 3 N–H and O–H groups in total. The van der Waals surface area contributed by atoms with Crippen LogP contribution in [0.3, 0.4) is 0 Å². The molecule has 1 heterocycles. The van der Waals surface area contributed by atoms with Gasteiger partial charge in [0.1, 0.15) is 6.04 Å². The summed E-state index contributed by atoms with van der Waals surface area (Å²) in [6.07, 6.45) is 0.492. The molecule has 0 aromatic heterocycles. The smallest absolute Gasteiger partial charge is 0.319 e. The maximum absolute atomic E-state index is 12.6. The first kappa shape index (κ1) is 21.9. The zero-order valence-electron chi connectivity index (χ0n) is 16.6. The third-order valence-corrected chi connectivity index (χ3v) is 6.32. The predicted octanol–water partition coefficient (Wildman–Crippen LogP) is 3.34. The van der Waals surface area contributed by atoms with Gasteiger partial charge < -0.3 is 15.5 Å². The van der Waals surface area contributed by atoms with Crippen LogP contribution < -0.4 is 20.3 Å². The number of benzene rings is 2. The minimum Gasteiger partial charge on any atom is -0.326 e. The maximum atomic E-state index is 12.6. The van der Waals surface area contributed by atoms with Crippen molar-refractivity contribution >= 4 is 50.6 Å². The molecule has 1 saturated heterocycles. The van der Waals surface area contributed by atoms with Crippen LogP contribution in [0.5, 0.6) is 0 Å². The number of amides is 3. The molecule has 3 rings (SSSR count). The van der Waals surface area contributed by atoms with Crippen molar-refractivity contribution in [1.29, 1.82) is 0 Å². The SMILES string of the molecule is CCS(=O)(=O)Nc1ccc(NC(=O)NC2CCN(c3ccc(Cl)cc3)C2=O)cc1C. The molecule has 160 valence electrons. The highest BCUT2D eigenvalue weighted by Crippen LogP contribution is 2.24. The molecule has 3 amide bonds. The molecule has 1 fully saturated rings. The van der Waals surface area contributed by atoms with Crippen molar-refractivity contribution in [3.8, 4) is 0 Å². The largest absolute Gasteiger partial charge is 0.326 e. The predicted molar refractivity (Wildman–Crippen MR) is 119 cm³/mol. The first-order valence-electron chi connectivity index (χ1n) is 9.44. The molecule has 30 heavy (non-hydrogen) atoms. The summed E-state index contributed by atoms with van der Waals surface area (Å²) in [6.45, 7) is 3.79. The van der Waals surface area contributed by atoms with Gasteiger partial charge in [0, 0.05) is 22.9 Å². The maximum Gasteiger partial charge on any atom is 0.319 e. The van der Waals surface area contributed by atoms with E-state index < -0.39 is 22.1 Å². The van der Waals surface area contributed by atoms with Crippen LogP contribution in [0.4, 0.5) is 21.9 Å². The summed E-state index contributed by atoms with van der Waals surface area (Å²) in [6, 6.07) is 10.7. The van der Waals surface area contributed by atoms with Gasteiger partial charge in [0.05, 0.1) is 11.4 Å². The topological polar surface area (TPSA) is 108 Å². The van der Waals surface area contributed by atoms with Crippen LogP contribution >= 0.6 is 11.6 Å². The van der Waals surface area contributed by atoms with Crippen molar-refractivity contribution in [3.63, 3.8) is 0 Å². The Morgan fingerprint density at radius 2 is 1.90 bits per heavy atom. The highest BCUT2D eigenvalue weighted by molar-refractivity contribution is 7.92. The second-order valence-electron chi connectivity index (χ2n) is 6.94. The number of urea groups is 1. The number of carbonyl (C=O) groups is 2. The van der Waals surface area contributed by atoms with E-state index in [0.29, 0.717) is 34.9 Å². The number of carbonyl (C=O) groups excluding carboxylic acids is 2. The summed E-state index contributed by atoms with van der Waals surface area (Å²) >= 11 is 5.89. The Morgan fingerprint density at radius 1 is 1.20 bits per heavy atom. The molecule has 8 nitrogen and oxygen atoms in total. The van der Waals surface area contributed by atoms with E-state index >= 15 is 0 Å². The minimum absolute atomic E-state index is 0.0305. The van der Waals surface area contributed by atoms with E-state index in [9.17, 15) is 18.0 Å². The molecule has 10 heteroatoms. The fraction of sp³-hybridized carbons (Fsp3) is 0.300. The van der Waals surface area contributed by atoms with Gasteiger partial charge in [0.25, 0.3) is 0 Å². The molecule has 2 aromatic rings. The van der Waals surface area contributed by atoms with Crippen molar-refractivity contribution in [3.05, 3.63) is 53.1 Å². The highest BCUT2D eigenvalue weighted by Gasteiger charge is 2.33. The molecule has 0 aliphatic carbocycles. The van der Waals surface area contributed by atoms with Crippen LogP contribution in [0.1, 0.15) is 18.9 Å². The van der Waals surface area contributed by atoms with Crippen molar-refractivity contribution in [2.75, 3.05) is 27.2 Å². The van der Waals surface area contributed by atoms with Crippen molar-refractivity contribution < 1.29 is 18.0 Å². The van der Waals surface area contributed by atoms with Crippen LogP contribution in [-0.4, -0.2) is 38.7 Å². The van der Waals surface area contributed by atoms with Gasteiger partial charge in [-0.25, -0.2) is 13.2 Å². The Bertz CT molecular complexity index is 1060. The van der Waals surface area contributed by atoms with E-state index in [1.165, 1.54) is 0 Å². The highest BCUT2D eigenvalue weighted by atomic mass is 35.5. The first-order valence-corrected chi connectivity index (χ1v) is 11.5. The summed E-state index contributed by atoms with van der Waals surface area (Å²) < 4.78 is 25.9. The molecule has 1 aliphatic rings. The standard InChI is InChI=1S/C20H23ClN4O4S/c1-3-30(28,29)24-17-9-6-15(12-13(17)2)22-20(27)23-18-10-11-25(19(18)26)16-7-4-14(21)5-8-16/h4-9,12,18,24H,3,10-11H2,1-2H3,(H2,22,23,27). The van der Waals surface area contributed by atoms with Gasteiger partial charge in [-0.2, -0.15) is 0 Å².